The van der Waals surface area contributed by atoms with E-state index in [0.717, 1.165) is 11.4 Å². The van der Waals surface area contributed by atoms with E-state index in [0.29, 0.717) is 13.1 Å². The summed E-state index contributed by atoms with van der Waals surface area (Å²) in [7, 11) is 3.82. The molecule has 0 aromatic carbocycles. The van der Waals surface area contributed by atoms with Crippen LogP contribution in [0.2, 0.25) is 0 Å². The van der Waals surface area contributed by atoms with Crippen LogP contribution in [0.15, 0.2) is 18.3 Å². The maximum Gasteiger partial charge on any atom is 0.315 e. The minimum absolute atomic E-state index is 0.0694. The predicted molar refractivity (Wildman–Crippen MR) is 86.7 cm³/mol. The third kappa shape index (κ3) is 6.92. The minimum atomic E-state index is -0.291. The molecule has 0 bridgehead atoms. The third-order valence-corrected chi connectivity index (χ3v) is 2.81. The first-order valence-corrected chi connectivity index (χ1v) is 7.32. The van der Waals surface area contributed by atoms with Gasteiger partial charge < -0.3 is 20.9 Å². The zero-order chi connectivity index (χ0) is 16.5. The molecule has 0 unspecified atom stereocenters. The lowest BCUT2D eigenvalue weighted by atomic mass is 10.2. The van der Waals surface area contributed by atoms with E-state index < -0.39 is 0 Å². The number of pyridine rings is 1. The lowest BCUT2D eigenvalue weighted by Crippen LogP contribution is -2.38. The van der Waals surface area contributed by atoms with E-state index in [4.69, 9.17) is 0 Å². The van der Waals surface area contributed by atoms with E-state index in [9.17, 15) is 9.59 Å². The quantitative estimate of drug-likeness (QED) is 0.697. The number of amides is 3. The average molecular weight is 307 g/mol. The van der Waals surface area contributed by atoms with E-state index in [1.54, 1.807) is 6.20 Å². The maximum atomic E-state index is 11.7. The van der Waals surface area contributed by atoms with Gasteiger partial charge in [-0.1, -0.05) is 0 Å². The van der Waals surface area contributed by atoms with Crippen molar-refractivity contribution >= 4 is 17.8 Å². The zero-order valence-electron chi connectivity index (χ0n) is 13.6. The Morgan fingerprint density at radius 2 is 2.00 bits per heavy atom. The second-order valence-corrected chi connectivity index (χ2v) is 5.50. The molecule has 1 heterocycles. The number of rotatable bonds is 7. The van der Waals surface area contributed by atoms with Crippen molar-refractivity contribution in [1.82, 2.24) is 20.9 Å². The number of carbonyl (C=O) groups is 2. The average Bonchev–Trinajstić information content (AvgIpc) is 2.44. The fourth-order valence-corrected chi connectivity index (χ4v) is 1.74. The topological polar surface area (TPSA) is 86.4 Å². The van der Waals surface area contributed by atoms with Gasteiger partial charge in [-0.3, -0.25) is 4.79 Å². The molecule has 3 amide bonds. The molecule has 1 aromatic rings. The van der Waals surface area contributed by atoms with Crippen LogP contribution in [0.5, 0.6) is 0 Å². The highest BCUT2D eigenvalue weighted by Gasteiger charge is 2.05. The molecule has 7 heteroatoms. The molecule has 0 aliphatic heterocycles. The number of hydrogen-bond donors (Lipinski definition) is 3. The van der Waals surface area contributed by atoms with Gasteiger partial charge in [-0.05, 0) is 31.5 Å². The molecule has 0 saturated carbocycles. The fourth-order valence-electron chi connectivity index (χ4n) is 1.74. The van der Waals surface area contributed by atoms with Gasteiger partial charge in [0.25, 0.3) is 0 Å². The number of nitrogens with zero attached hydrogens (tertiary/aromatic N) is 2. The Kier molecular flexibility index (Phi) is 7.15. The van der Waals surface area contributed by atoms with Crippen LogP contribution in [0, 0.1) is 0 Å². The molecule has 1 rings (SSSR count). The van der Waals surface area contributed by atoms with Crippen molar-refractivity contribution in [2.24, 2.45) is 0 Å². The highest BCUT2D eigenvalue weighted by molar-refractivity contribution is 5.78. The summed E-state index contributed by atoms with van der Waals surface area (Å²) >= 11 is 0. The van der Waals surface area contributed by atoms with Gasteiger partial charge in [0, 0.05) is 45.8 Å². The summed E-state index contributed by atoms with van der Waals surface area (Å²) < 4.78 is 0. The summed E-state index contributed by atoms with van der Waals surface area (Å²) in [4.78, 5) is 29.2. The Balaban J connectivity index is 2.28. The molecule has 122 valence electrons. The van der Waals surface area contributed by atoms with Crippen LogP contribution in [0.1, 0.15) is 25.8 Å². The first kappa shape index (κ1) is 17.7. The van der Waals surface area contributed by atoms with Gasteiger partial charge in [0.15, 0.2) is 0 Å². The second-order valence-electron chi connectivity index (χ2n) is 5.50. The molecule has 1 aromatic heterocycles. The second kappa shape index (κ2) is 8.86. The third-order valence-electron chi connectivity index (χ3n) is 2.81. The van der Waals surface area contributed by atoms with Crippen molar-refractivity contribution in [1.29, 1.82) is 0 Å². The minimum Gasteiger partial charge on any atom is -0.363 e. The number of aromatic nitrogens is 1. The van der Waals surface area contributed by atoms with Crippen molar-refractivity contribution in [3.63, 3.8) is 0 Å². The lowest BCUT2D eigenvalue weighted by molar-refractivity contribution is -0.121. The van der Waals surface area contributed by atoms with Crippen molar-refractivity contribution in [3.8, 4) is 0 Å². The van der Waals surface area contributed by atoms with Gasteiger partial charge in [-0.25, -0.2) is 9.78 Å². The number of carbonyl (C=O) groups excluding carboxylic acids is 2. The summed E-state index contributed by atoms with van der Waals surface area (Å²) in [6.45, 7) is 4.51. The molecule has 3 N–H and O–H groups in total. The molecule has 0 radical (unpaired) electrons. The Labute approximate surface area is 131 Å². The number of anilines is 1. The van der Waals surface area contributed by atoms with Crippen LogP contribution < -0.4 is 20.9 Å². The highest BCUT2D eigenvalue weighted by Crippen LogP contribution is 2.08. The fraction of sp³-hybridized carbons (Fsp3) is 0.533. The first-order chi connectivity index (χ1) is 10.4. The lowest BCUT2D eigenvalue weighted by Gasteiger charge is -2.13. The molecule has 7 nitrogen and oxygen atoms in total. The van der Waals surface area contributed by atoms with Crippen LogP contribution in [0.3, 0.4) is 0 Å². The van der Waals surface area contributed by atoms with Gasteiger partial charge in [0.05, 0.1) is 0 Å². The van der Waals surface area contributed by atoms with Gasteiger partial charge in [0.2, 0.25) is 5.91 Å². The van der Waals surface area contributed by atoms with E-state index in [1.807, 2.05) is 45.0 Å². The van der Waals surface area contributed by atoms with Crippen molar-refractivity contribution in [3.05, 3.63) is 23.9 Å². The van der Waals surface area contributed by atoms with Crippen LogP contribution in [-0.2, 0) is 11.3 Å². The zero-order valence-corrected chi connectivity index (χ0v) is 13.6. The first-order valence-electron chi connectivity index (χ1n) is 7.32. The van der Waals surface area contributed by atoms with E-state index >= 15 is 0 Å². The van der Waals surface area contributed by atoms with Crippen molar-refractivity contribution in [2.75, 3.05) is 25.5 Å². The smallest absolute Gasteiger partial charge is 0.315 e. The maximum absolute atomic E-state index is 11.7. The van der Waals surface area contributed by atoms with Crippen LogP contribution in [-0.4, -0.2) is 43.6 Å². The monoisotopic (exact) mass is 307 g/mol. The van der Waals surface area contributed by atoms with Crippen molar-refractivity contribution < 1.29 is 9.59 Å². The van der Waals surface area contributed by atoms with Crippen LogP contribution in [0.25, 0.3) is 0 Å². The molecule has 0 atom stereocenters. The van der Waals surface area contributed by atoms with Crippen LogP contribution >= 0.6 is 0 Å². The van der Waals surface area contributed by atoms with Gasteiger partial charge in [-0.15, -0.1) is 0 Å². The SMILES string of the molecule is CC(C)NC(=O)CCNC(=O)NCc1ccnc(N(C)C)c1. The van der Waals surface area contributed by atoms with E-state index in [-0.39, 0.29) is 24.4 Å². The highest BCUT2D eigenvalue weighted by atomic mass is 16.2. The summed E-state index contributed by atoms with van der Waals surface area (Å²) in [5, 5.41) is 8.18. The molecule has 0 aliphatic rings. The Hall–Kier alpha value is -2.31. The standard InChI is InChI=1S/C15H25N5O2/c1-11(2)19-14(21)6-8-17-15(22)18-10-12-5-7-16-13(9-12)20(3)4/h5,7,9,11H,6,8,10H2,1-4H3,(H,19,21)(H2,17,18,22). The molecule has 0 saturated heterocycles. The predicted octanol–water partition coefficient (Wildman–Crippen LogP) is 0.862. The molecule has 22 heavy (non-hydrogen) atoms. The Morgan fingerprint density at radius 1 is 1.27 bits per heavy atom. The molecule has 0 aliphatic carbocycles. The van der Waals surface area contributed by atoms with E-state index in [1.165, 1.54) is 0 Å². The van der Waals surface area contributed by atoms with Crippen LogP contribution in [0.4, 0.5) is 10.6 Å². The van der Waals surface area contributed by atoms with Gasteiger partial charge >= 0.3 is 6.03 Å². The summed E-state index contributed by atoms with van der Waals surface area (Å²) in [5.41, 5.74) is 0.964. The summed E-state index contributed by atoms with van der Waals surface area (Å²) in [5.74, 6) is 0.769. The van der Waals surface area contributed by atoms with Gasteiger partial charge in [0.1, 0.15) is 5.82 Å². The normalized spacial score (nSPS) is 10.2. The Bertz CT molecular complexity index is 502. The molecule has 0 fully saturated rings. The van der Waals surface area contributed by atoms with Gasteiger partial charge in [-0.2, -0.15) is 0 Å². The largest absolute Gasteiger partial charge is 0.363 e. The van der Waals surface area contributed by atoms with E-state index in [2.05, 4.69) is 20.9 Å². The van der Waals surface area contributed by atoms with Crippen molar-refractivity contribution in [2.45, 2.75) is 32.9 Å². The number of urea groups is 1. The summed E-state index contributed by atoms with van der Waals surface area (Å²) in [6.07, 6.45) is 1.98. The Morgan fingerprint density at radius 3 is 2.64 bits per heavy atom. The number of nitrogens with one attached hydrogen (secondary N) is 3. The molecule has 0 spiro atoms. The molecular formula is C15H25N5O2. The summed E-state index contributed by atoms with van der Waals surface area (Å²) in [6, 6.07) is 3.58. The molecular weight excluding hydrogens is 282 g/mol. The number of hydrogen-bond acceptors (Lipinski definition) is 4.